The van der Waals surface area contributed by atoms with E-state index in [2.05, 4.69) is 0 Å². The number of nitrogens with zero attached hydrogens (tertiary/aromatic N) is 1. The summed E-state index contributed by atoms with van der Waals surface area (Å²) in [7, 11) is 0. The molecule has 4 heteroatoms. The molecular formula is C14H18ClNO2. The average Bonchev–Trinajstić information content (AvgIpc) is 2.83. The lowest BCUT2D eigenvalue weighted by Crippen LogP contribution is -2.38. The van der Waals surface area contributed by atoms with Gasteiger partial charge in [0.1, 0.15) is 5.75 Å². The zero-order valence-corrected chi connectivity index (χ0v) is 11.3. The van der Waals surface area contributed by atoms with Crippen LogP contribution in [0.25, 0.3) is 0 Å². The highest BCUT2D eigenvalue weighted by molar-refractivity contribution is 6.30. The summed E-state index contributed by atoms with van der Waals surface area (Å²) in [5.41, 5.74) is 0.341. The Morgan fingerprint density at radius 1 is 1.44 bits per heavy atom. The molecule has 0 heterocycles. The molecule has 2 rings (SSSR count). The maximum atomic E-state index is 12.4. The first-order valence-corrected chi connectivity index (χ1v) is 6.80. The molecule has 1 aliphatic rings. The lowest BCUT2D eigenvalue weighted by Gasteiger charge is -2.28. The van der Waals surface area contributed by atoms with Crippen molar-refractivity contribution < 1.29 is 9.90 Å². The molecule has 1 amide bonds. The van der Waals surface area contributed by atoms with Crippen molar-refractivity contribution in [3.8, 4) is 5.75 Å². The van der Waals surface area contributed by atoms with E-state index >= 15 is 0 Å². The van der Waals surface area contributed by atoms with Gasteiger partial charge in [-0.2, -0.15) is 0 Å². The zero-order valence-electron chi connectivity index (χ0n) is 10.5. The number of hydrogen-bond donors (Lipinski definition) is 1. The van der Waals surface area contributed by atoms with Gasteiger partial charge in [0.15, 0.2) is 0 Å². The van der Waals surface area contributed by atoms with Crippen molar-refractivity contribution in [1.82, 2.24) is 4.90 Å². The summed E-state index contributed by atoms with van der Waals surface area (Å²) in [6.45, 7) is 2.65. The van der Waals surface area contributed by atoms with Crippen LogP contribution in [0.3, 0.4) is 0 Å². The van der Waals surface area contributed by atoms with Crippen LogP contribution in [0.5, 0.6) is 5.75 Å². The van der Waals surface area contributed by atoms with E-state index in [9.17, 15) is 9.90 Å². The molecule has 0 unspecified atom stereocenters. The second-order valence-electron chi connectivity index (χ2n) is 4.69. The molecule has 3 nitrogen and oxygen atoms in total. The van der Waals surface area contributed by atoms with Gasteiger partial charge in [-0.1, -0.05) is 24.4 Å². The van der Waals surface area contributed by atoms with E-state index in [1.54, 1.807) is 12.1 Å². The minimum atomic E-state index is -0.0985. The highest BCUT2D eigenvalue weighted by atomic mass is 35.5. The molecule has 0 atom stereocenters. The first kappa shape index (κ1) is 13.2. The molecule has 0 radical (unpaired) electrons. The summed E-state index contributed by atoms with van der Waals surface area (Å²) in [5.74, 6) is -0.137. The molecule has 1 aromatic carbocycles. The molecule has 0 aromatic heterocycles. The first-order valence-electron chi connectivity index (χ1n) is 6.43. The van der Waals surface area contributed by atoms with E-state index in [4.69, 9.17) is 11.6 Å². The van der Waals surface area contributed by atoms with Gasteiger partial charge in [0.2, 0.25) is 0 Å². The summed E-state index contributed by atoms with van der Waals surface area (Å²) in [6.07, 6.45) is 4.49. The number of aromatic hydroxyl groups is 1. The van der Waals surface area contributed by atoms with Gasteiger partial charge in [-0.3, -0.25) is 4.79 Å². The van der Waals surface area contributed by atoms with Gasteiger partial charge in [-0.25, -0.2) is 0 Å². The topological polar surface area (TPSA) is 40.5 Å². The van der Waals surface area contributed by atoms with E-state index < -0.39 is 0 Å². The van der Waals surface area contributed by atoms with Crippen LogP contribution in [0.2, 0.25) is 5.02 Å². The standard InChI is InChI=1S/C14H18ClNO2/c1-2-16(11-5-3-4-6-11)14(18)12-8-7-10(15)9-13(12)17/h7-9,11,17H,2-6H2,1H3. The van der Waals surface area contributed by atoms with Crippen LogP contribution < -0.4 is 0 Å². The second-order valence-corrected chi connectivity index (χ2v) is 5.13. The zero-order chi connectivity index (χ0) is 13.1. The minimum Gasteiger partial charge on any atom is -0.507 e. The number of rotatable bonds is 3. The van der Waals surface area contributed by atoms with Gasteiger partial charge >= 0.3 is 0 Å². The predicted molar refractivity (Wildman–Crippen MR) is 72.1 cm³/mol. The van der Waals surface area contributed by atoms with Gasteiger partial charge in [0, 0.05) is 17.6 Å². The summed E-state index contributed by atoms with van der Waals surface area (Å²) >= 11 is 5.78. The Balaban J connectivity index is 2.22. The van der Waals surface area contributed by atoms with Crippen molar-refractivity contribution in [2.45, 2.75) is 38.6 Å². The third kappa shape index (κ3) is 2.61. The van der Waals surface area contributed by atoms with Crippen LogP contribution in [0.1, 0.15) is 43.0 Å². The van der Waals surface area contributed by atoms with Crippen molar-refractivity contribution in [3.05, 3.63) is 28.8 Å². The number of phenols is 1. The largest absolute Gasteiger partial charge is 0.507 e. The van der Waals surface area contributed by atoms with Crippen LogP contribution >= 0.6 is 11.6 Å². The maximum absolute atomic E-state index is 12.4. The number of carbonyl (C=O) groups is 1. The number of phenolic OH excluding ortho intramolecular Hbond substituents is 1. The van der Waals surface area contributed by atoms with Crippen LogP contribution in [-0.4, -0.2) is 28.5 Å². The first-order chi connectivity index (χ1) is 8.63. The Morgan fingerprint density at radius 3 is 2.67 bits per heavy atom. The fraction of sp³-hybridized carbons (Fsp3) is 0.500. The van der Waals surface area contributed by atoms with Gasteiger partial charge in [0.05, 0.1) is 5.56 Å². The highest BCUT2D eigenvalue weighted by Gasteiger charge is 2.27. The maximum Gasteiger partial charge on any atom is 0.257 e. The third-order valence-electron chi connectivity index (χ3n) is 3.56. The number of carbonyl (C=O) groups excluding carboxylic acids is 1. The molecule has 0 spiro atoms. The minimum absolute atomic E-state index is 0.0380. The fourth-order valence-electron chi connectivity index (χ4n) is 2.62. The lowest BCUT2D eigenvalue weighted by molar-refractivity contribution is 0.0690. The summed E-state index contributed by atoms with van der Waals surface area (Å²) in [4.78, 5) is 14.3. The van der Waals surface area contributed by atoms with Crippen molar-refractivity contribution in [2.75, 3.05) is 6.54 Å². The molecule has 1 saturated carbocycles. The predicted octanol–water partition coefficient (Wildman–Crippen LogP) is 3.45. The Bertz CT molecular complexity index is 441. The molecule has 1 aromatic rings. The summed E-state index contributed by atoms with van der Waals surface area (Å²) in [5, 5.41) is 10.3. The number of hydrogen-bond acceptors (Lipinski definition) is 2. The molecule has 18 heavy (non-hydrogen) atoms. The van der Waals surface area contributed by atoms with Crippen molar-refractivity contribution in [3.63, 3.8) is 0 Å². The molecule has 1 fully saturated rings. The summed E-state index contributed by atoms with van der Waals surface area (Å²) < 4.78 is 0. The Morgan fingerprint density at radius 2 is 2.11 bits per heavy atom. The highest BCUT2D eigenvalue weighted by Crippen LogP contribution is 2.28. The monoisotopic (exact) mass is 267 g/mol. The van der Waals surface area contributed by atoms with E-state index in [1.807, 2.05) is 11.8 Å². The molecule has 0 aliphatic heterocycles. The summed E-state index contributed by atoms with van der Waals surface area (Å²) in [6, 6.07) is 4.96. The smallest absolute Gasteiger partial charge is 0.257 e. The third-order valence-corrected chi connectivity index (χ3v) is 3.79. The van der Waals surface area contributed by atoms with Gasteiger partial charge < -0.3 is 10.0 Å². The van der Waals surface area contributed by atoms with Gasteiger partial charge in [0.25, 0.3) is 5.91 Å². The molecule has 98 valence electrons. The van der Waals surface area contributed by atoms with Crippen LogP contribution in [0.4, 0.5) is 0 Å². The Kier molecular flexibility index (Phi) is 4.12. The number of halogens is 1. The number of benzene rings is 1. The normalized spacial score (nSPS) is 15.9. The van der Waals surface area contributed by atoms with Crippen molar-refractivity contribution >= 4 is 17.5 Å². The molecule has 1 N–H and O–H groups in total. The van der Waals surface area contributed by atoms with E-state index in [0.717, 1.165) is 12.8 Å². The number of amides is 1. The van der Waals surface area contributed by atoms with E-state index in [-0.39, 0.29) is 11.7 Å². The van der Waals surface area contributed by atoms with E-state index in [0.29, 0.717) is 23.2 Å². The quantitative estimate of drug-likeness (QED) is 0.911. The molecule has 1 aliphatic carbocycles. The lowest BCUT2D eigenvalue weighted by atomic mass is 10.1. The fourth-order valence-corrected chi connectivity index (χ4v) is 2.79. The Labute approximate surface area is 112 Å². The molecule has 0 saturated heterocycles. The molecule has 0 bridgehead atoms. The van der Waals surface area contributed by atoms with E-state index in [1.165, 1.54) is 18.9 Å². The van der Waals surface area contributed by atoms with Crippen LogP contribution in [0, 0.1) is 0 Å². The molecular weight excluding hydrogens is 250 g/mol. The van der Waals surface area contributed by atoms with Crippen LogP contribution in [-0.2, 0) is 0 Å². The van der Waals surface area contributed by atoms with Crippen molar-refractivity contribution in [1.29, 1.82) is 0 Å². The SMILES string of the molecule is CCN(C(=O)c1ccc(Cl)cc1O)C1CCCC1. The second kappa shape index (κ2) is 5.61. The van der Waals surface area contributed by atoms with Gasteiger partial charge in [-0.15, -0.1) is 0 Å². The average molecular weight is 268 g/mol. The Hall–Kier alpha value is -1.22. The van der Waals surface area contributed by atoms with Gasteiger partial charge in [-0.05, 0) is 38.0 Å². The van der Waals surface area contributed by atoms with Crippen LogP contribution in [0.15, 0.2) is 18.2 Å². The van der Waals surface area contributed by atoms with Crippen molar-refractivity contribution in [2.24, 2.45) is 0 Å².